The fourth-order valence-corrected chi connectivity index (χ4v) is 1.70. The van der Waals surface area contributed by atoms with Crippen molar-refractivity contribution in [2.75, 3.05) is 27.6 Å². The molecule has 0 amide bonds. The average Bonchev–Trinajstić information content (AvgIpc) is 2.77. The zero-order chi connectivity index (χ0) is 11.5. The maximum absolute atomic E-state index is 9.75. The predicted molar refractivity (Wildman–Crippen MR) is 56.4 cm³/mol. The summed E-state index contributed by atoms with van der Waals surface area (Å²) in [4.78, 5) is 0. The third-order valence-corrected chi connectivity index (χ3v) is 2.42. The maximum Gasteiger partial charge on any atom is 0.206 e. The van der Waals surface area contributed by atoms with Crippen LogP contribution in [0.15, 0.2) is 6.07 Å². The van der Waals surface area contributed by atoms with E-state index in [2.05, 4.69) is 0 Å². The van der Waals surface area contributed by atoms with E-state index in [1.165, 1.54) is 20.3 Å². The molecule has 0 unspecified atom stereocenters. The molecule has 1 aromatic rings. The van der Waals surface area contributed by atoms with Crippen LogP contribution in [-0.2, 0) is 11.2 Å². The Balaban J connectivity index is 2.43. The van der Waals surface area contributed by atoms with Crippen molar-refractivity contribution in [3.05, 3.63) is 11.6 Å². The second-order valence-electron chi connectivity index (χ2n) is 3.38. The van der Waals surface area contributed by atoms with E-state index in [9.17, 15) is 5.11 Å². The molecule has 0 aromatic heterocycles. The minimum Gasteiger partial charge on any atom is -0.507 e. The molecule has 1 aliphatic heterocycles. The largest absolute Gasteiger partial charge is 0.507 e. The van der Waals surface area contributed by atoms with Gasteiger partial charge in [-0.2, -0.15) is 0 Å². The van der Waals surface area contributed by atoms with Gasteiger partial charge in [-0.3, -0.25) is 0 Å². The molecule has 0 atom stereocenters. The number of phenols is 1. The molecule has 5 nitrogen and oxygen atoms in total. The Bertz CT molecular complexity index is 388. The fraction of sp³-hybridized carbons (Fsp3) is 0.455. The zero-order valence-electron chi connectivity index (χ0n) is 9.28. The Morgan fingerprint density at radius 3 is 2.94 bits per heavy atom. The quantitative estimate of drug-likeness (QED) is 0.784. The van der Waals surface area contributed by atoms with Gasteiger partial charge in [0, 0.05) is 25.2 Å². The second kappa shape index (κ2) is 4.49. The van der Waals surface area contributed by atoms with Gasteiger partial charge in [0.15, 0.2) is 18.3 Å². The van der Waals surface area contributed by atoms with Crippen molar-refractivity contribution in [2.45, 2.75) is 6.42 Å². The third-order valence-electron chi connectivity index (χ3n) is 2.42. The fourth-order valence-electron chi connectivity index (χ4n) is 1.70. The average molecular weight is 226 g/mol. The molecule has 0 saturated carbocycles. The van der Waals surface area contributed by atoms with Crippen molar-refractivity contribution in [2.24, 2.45) is 0 Å². The lowest BCUT2D eigenvalue weighted by atomic mass is 10.1. The molecule has 0 radical (unpaired) electrons. The van der Waals surface area contributed by atoms with Crippen LogP contribution in [0, 0.1) is 0 Å². The van der Waals surface area contributed by atoms with Crippen LogP contribution in [0.2, 0.25) is 0 Å². The van der Waals surface area contributed by atoms with E-state index in [0.717, 1.165) is 5.56 Å². The molecule has 1 aromatic carbocycles. The van der Waals surface area contributed by atoms with Gasteiger partial charge in [-0.15, -0.1) is 0 Å². The zero-order valence-corrected chi connectivity index (χ0v) is 9.28. The summed E-state index contributed by atoms with van der Waals surface area (Å²) in [5.74, 6) is 1.65. The summed E-state index contributed by atoms with van der Waals surface area (Å²) in [6.07, 6.45) is 0.675. The van der Waals surface area contributed by atoms with Gasteiger partial charge >= 0.3 is 0 Å². The number of methoxy groups -OCH3 is 2. The number of hydrogen-bond acceptors (Lipinski definition) is 5. The highest BCUT2D eigenvalue weighted by Crippen LogP contribution is 2.47. The first-order chi connectivity index (χ1) is 7.77. The number of rotatable bonds is 4. The minimum atomic E-state index is 0.108. The van der Waals surface area contributed by atoms with Crippen molar-refractivity contribution in [3.63, 3.8) is 0 Å². The van der Waals surface area contributed by atoms with Gasteiger partial charge in [0.25, 0.3) is 0 Å². The lowest BCUT2D eigenvalue weighted by Crippen LogP contribution is -2.02. The molecule has 2 rings (SSSR count). The molecule has 1 N–H and O–H groups in total. The summed E-state index contributed by atoms with van der Waals surface area (Å²) >= 11 is 0. The van der Waals surface area contributed by atoms with Gasteiger partial charge in [0.2, 0.25) is 5.75 Å². The van der Waals surface area contributed by atoms with E-state index >= 15 is 0 Å². The Labute approximate surface area is 93.5 Å². The molecule has 16 heavy (non-hydrogen) atoms. The summed E-state index contributed by atoms with van der Waals surface area (Å²) in [6.45, 7) is 0.649. The van der Waals surface area contributed by atoms with Gasteiger partial charge in [-0.1, -0.05) is 0 Å². The summed E-state index contributed by atoms with van der Waals surface area (Å²) < 4.78 is 20.8. The van der Waals surface area contributed by atoms with Crippen LogP contribution in [-0.4, -0.2) is 32.7 Å². The minimum absolute atomic E-state index is 0.108. The van der Waals surface area contributed by atoms with E-state index in [1.807, 2.05) is 0 Å². The van der Waals surface area contributed by atoms with Crippen LogP contribution in [0.5, 0.6) is 23.0 Å². The summed E-state index contributed by atoms with van der Waals surface area (Å²) in [6, 6.07) is 1.53. The van der Waals surface area contributed by atoms with Crippen LogP contribution in [0.3, 0.4) is 0 Å². The SMILES string of the molecule is COCOc1c(OC)cc(O)c2c1OCC2. The number of hydrogen-bond donors (Lipinski definition) is 1. The van der Waals surface area contributed by atoms with Gasteiger partial charge in [-0.25, -0.2) is 0 Å². The molecule has 0 spiro atoms. The van der Waals surface area contributed by atoms with Crippen LogP contribution in [0.4, 0.5) is 0 Å². The number of fused-ring (bicyclic) bond motifs is 1. The van der Waals surface area contributed by atoms with E-state index in [4.69, 9.17) is 18.9 Å². The van der Waals surface area contributed by atoms with Crippen LogP contribution in [0.25, 0.3) is 0 Å². The molecule has 5 heteroatoms. The number of benzene rings is 1. The van der Waals surface area contributed by atoms with Crippen molar-refractivity contribution in [1.29, 1.82) is 0 Å². The summed E-state index contributed by atoms with van der Waals surface area (Å²) in [7, 11) is 3.05. The second-order valence-corrected chi connectivity index (χ2v) is 3.38. The molecule has 0 fully saturated rings. The van der Waals surface area contributed by atoms with E-state index in [1.54, 1.807) is 0 Å². The molecule has 0 saturated heterocycles. The molecular weight excluding hydrogens is 212 g/mol. The highest BCUT2D eigenvalue weighted by Gasteiger charge is 2.25. The first kappa shape index (κ1) is 10.9. The Morgan fingerprint density at radius 2 is 2.25 bits per heavy atom. The van der Waals surface area contributed by atoms with Gasteiger partial charge < -0.3 is 24.1 Å². The Morgan fingerprint density at radius 1 is 1.44 bits per heavy atom. The third kappa shape index (κ3) is 1.74. The molecule has 88 valence electrons. The smallest absolute Gasteiger partial charge is 0.206 e. The highest BCUT2D eigenvalue weighted by atomic mass is 16.7. The number of phenolic OH excluding ortho intramolecular Hbond substituents is 1. The Hall–Kier alpha value is -1.62. The first-order valence-electron chi connectivity index (χ1n) is 4.95. The lowest BCUT2D eigenvalue weighted by molar-refractivity contribution is 0.0470. The van der Waals surface area contributed by atoms with Crippen molar-refractivity contribution >= 4 is 0 Å². The lowest BCUT2D eigenvalue weighted by Gasteiger charge is -2.14. The molecule has 1 heterocycles. The predicted octanol–water partition coefficient (Wildman–Crippen LogP) is 1.32. The molecule has 0 bridgehead atoms. The van der Waals surface area contributed by atoms with Crippen LogP contribution < -0.4 is 14.2 Å². The standard InChI is InChI=1S/C11H14O5/c1-13-6-16-11-9(14-2)5-8(12)7-3-4-15-10(7)11/h5,12H,3-4,6H2,1-2H3. The van der Waals surface area contributed by atoms with Crippen molar-refractivity contribution < 1.29 is 24.1 Å². The van der Waals surface area contributed by atoms with E-state index < -0.39 is 0 Å². The maximum atomic E-state index is 9.75. The molecular formula is C11H14O5. The topological polar surface area (TPSA) is 57.2 Å². The van der Waals surface area contributed by atoms with E-state index in [0.29, 0.717) is 30.3 Å². The summed E-state index contributed by atoms with van der Waals surface area (Å²) in [5.41, 5.74) is 0.756. The van der Waals surface area contributed by atoms with Gasteiger partial charge in [0.05, 0.1) is 13.7 Å². The van der Waals surface area contributed by atoms with Crippen LogP contribution in [0.1, 0.15) is 5.56 Å². The Kier molecular flexibility index (Phi) is 3.05. The van der Waals surface area contributed by atoms with Gasteiger partial charge in [-0.05, 0) is 0 Å². The summed E-state index contributed by atoms with van der Waals surface area (Å²) in [5, 5.41) is 9.75. The molecule has 1 aliphatic rings. The molecule has 0 aliphatic carbocycles. The van der Waals surface area contributed by atoms with Crippen molar-refractivity contribution in [3.8, 4) is 23.0 Å². The van der Waals surface area contributed by atoms with Crippen LogP contribution >= 0.6 is 0 Å². The number of ether oxygens (including phenoxy) is 4. The monoisotopic (exact) mass is 226 g/mol. The normalized spacial score (nSPS) is 13.1. The first-order valence-corrected chi connectivity index (χ1v) is 4.95. The van der Waals surface area contributed by atoms with Gasteiger partial charge in [0.1, 0.15) is 5.75 Å². The number of aromatic hydroxyl groups is 1. The van der Waals surface area contributed by atoms with Crippen molar-refractivity contribution in [1.82, 2.24) is 0 Å². The highest BCUT2D eigenvalue weighted by molar-refractivity contribution is 5.62. The van der Waals surface area contributed by atoms with E-state index in [-0.39, 0.29) is 12.5 Å².